The number of amides is 1. The molecule has 28 heavy (non-hydrogen) atoms. The van der Waals surface area contributed by atoms with Crippen LogP contribution >= 0.6 is 23.2 Å². The minimum Gasteiger partial charge on any atom is -0.481 e. The molecule has 0 aliphatic rings. The van der Waals surface area contributed by atoms with Gasteiger partial charge >= 0.3 is 0 Å². The predicted molar refractivity (Wildman–Crippen MR) is 108 cm³/mol. The standard InChI is InChI=1S/C20H19Cl2N3O3/c1-11-8-16(9-12(2)18(11)22)27-13(3)20(26)23-10-17-24-19(25-28-17)14-4-6-15(21)7-5-14/h4-9,13H,10H2,1-3H3,(H,23,26)/t13-/m0/s1. The number of nitrogens with zero attached hydrogens (tertiary/aromatic N) is 2. The van der Waals surface area contributed by atoms with Crippen LogP contribution in [-0.2, 0) is 11.3 Å². The molecule has 3 rings (SSSR count). The van der Waals surface area contributed by atoms with Gasteiger partial charge in [-0.25, -0.2) is 0 Å². The summed E-state index contributed by atoms with van der Waals surface area (Å²) in [4.78, 5) is 16.6. The third kappa shape index (κ3) is 4.82. The highest BCUT2D eigenvalue weighted by atomic mass is 35.5. The maximum absolute atomic E-state index is 12.3. The number of hydrogen-bond donors (Lipinski definition) is 1. The van der Waals surface area contributed by atoms with Crippen LogP contribution < -0.4 is 10.1 Å². The van der Waals surface area contributed by atoms with Crippen LogP contribution in [-0.4, -0.2) is 22.2 Å². The second-order valence-corrected chi connectivity index (χ2v) is 7.18. The van der Waals surface area contributed by atoms with E-state index in [1.165, 1.54) is 0 Å². The van der Waals surface area contributed by atoms with Crippen molar-refractivity contribution in [3.63, 3.8) is 0 Å². The lowest BCUT2D eigenvalue weighted by atomic mass is 10.1. The minimum atomic E-state index is -0.696. The summed E-state index contributed by atoms with van der Waals surface area (Å²) in [6.45, 7) is 5.55. The van der Waals surface area contributed by atoms with Gasteiger partial charge in [0.05, 0.1) is 6.54 Å². The van der Waals surface area contributed by atoms with Crippen LogP contribution in [0.1, 0.15) is 23.9 Å². The first-order valence-corrected chi connectivity index (χ1v) is 9.38. The van der Waals surface area contributed by atoms with Crippen LogP contribution in [0.3, 0.4) is 0 Å². The van der Waals surface area contributed by atoms with Gasteiger partial charge < -0.3 is 14.6 Å². The monoisotopic (exact) mass is 419 g/mol. The number of benzene rings is 2. The molecule has 1 amide bonds. The molecule has 6 nitrogen and oxygen atoms in total. The Labute approximate surface area is 172 Å². The predicted octanol–water partition coefficient (Wildman–Crippen LogP) is 4.74. The van der Waals surface area contributed by atoms with Crippen LogP contribution in [0.2, 0.25) is 10.0 Å². The topological polar surface area (TPSA) is 77.2 Å². The van der Waals surface area contributed by atoms with Crippen molar-refractivity contribution >= 4 is 29.1 Å². The van der Waals surface area contributed by atoms with Gasteiger partial charge in [-0.05, 0) is 68.3 Å². The normalized spacial score (nSPS) is 11.9. The number of rotatable bonds is 6. The number of aryl methyl sites for hydroxylation is 2. The summed E-state index contributed by atoms with van der Waals surface area (Å²) in [6.07, 6.45) is -0.696. The zero-order chi connectivity index (χ0) is 20.3. The van der Waals surface area contributed by atoms with E-state index in [0.29, 0.717) is 27.5 Å². The summed E-state index contributed by atoms with van der Waals surface area (Å²) in [5.74, 6) is 1.02. The van der Waals surface area contributed by atoms with Crippen molar-refractivity contribution in [2.75, 3.05) is 0 Å². The molecule has 1 heterocycles. The summed E-state index contributed by atoms with van der Waals surface area (Å²) >= 11 is 12.0. The molecule has 0 saturated heterocycles. The molecule has 3 aromatic rings. The fourth-order valence-electron chi connectivity index (χ4n) is 2.58. The van der Waals surface area contributed by atoms with Crippen LogP contribution in [0.5, 0.6) is 5.75 Å². The van der Waals surface area contributed by atoms with E-state index in [1.807, 2.05) is 13.8 Å². The minimum absolute atomic E-state index is 0.103. The van der Waals surface area contributed by atoms with E-state index in [0.717, 1.165) is 16.7 Å². The van der Waals surface area contributed by atoms with E-state index in [1.54, 1.807) is 43.3 Å². The lowest BCUT2D eigenvalue weighted by molar-refractivity contribution is -0.127. The lowest BCUT2D eigenvalue weighted by Crippen LogP contribution is -2.36. The van der Waals surface area contributed by atoms with E-state index >= 15 is 0 Å². The Morgan fingerprint density at radius 3 is 2.46 bits per heavy atom. The van der Waals surface area contributed by atoms with Gasteiger partial charge in [-0.2, -0.15) is 4.98 Å². The van der Waals surface area contributed by atoms with Crippen molar-refractivity contribution < 1.29 is 14.1 Å². The Morgan fingerprint density at radius 2 is 1.82 bits per heavy atom. The number of aromatic nitrogens is 2. The second kappa shape index (κ2) is 8.63. The van der Waals surface area contributed by atoms with Crippen LogP contribution in [0.4, 0.5) is 0 Å². The number of hydrogen-bond acceptors (Lipinski definition) is 5. The van der Waals surface area contributed by atoms with Crippen molar-refractivity contribution in [2.45, 2.75) is 33.4 Å². The highest BCUT2D eigenvalue weighted by Gasteiger charge is 2.17. The molecule has 146 valence electrons. The largest absolute Gasteiger partial charge is 0.481 e. The average Bonchev–Trinajstić information content (AvgIpc) is 3.13. The molecule has 0 aliphatic carbocycles. The van der Waals surface area contributed by atoms with Crippen molar-refractivity contribution in [3.05, 3.63) is 63.5 Å². The molecule has 0 saturated carbocycles. The molecule has 0 fully saturated rings. The molecule has 0 bridgehead atoms. The fourth-order valence-corrected chi connectivity index (χ4v) is 2.82. The van der Waals surface area contributed by atoms with Gasteiger partial charge in [-0.3, -0.25) is 4.79 Å². The average molecular weight is 420 g/mol. The molecule has 1 N–H and O–H groups in total. The molecule has 0 spiro atoms. The Balaban J connectivity index is 1.57. The molecule has 1 aromatic heterocycles. The lowest BCUT2D eigenvalue weighted by Gasteiger charge is -2.15. The highest BCUT2D eigenvalue weighted by Crippen LogP contribution is 2.26. The molecule has 0 radical (unpaired) electrons. The molecule has 8 heteroatoms. The van der Waals surface area contributed by atoms with Gasteiger partial charge in [0.25, 0.3) is 5.91 Å². The van der Waals surface area contributed by atoms with Gasteiger partial charge in [0.1, 0.15) is 5.75 Å². The van der Waals surface area contributed by atoms with Gasteiger partial charge in [-0.15, -0.1) is 0 Å². The summed E-state index contributed by atoms with van der Waals surface area (Å²) < 4.78 is 10.9. The highest BCUT2D eigenvalue weighted by molar-refractivity contribution is 6.32. The number of nitrogens with one attached hydrogen (secondary N) is 1. The van der Waals surface area contributed by atoms with E-state index in [4.69, 9.17) is 32.5 Å². The Kier molecular flexibility index (Phi) is 6.21. The Bertz CT molecular complexity index is 964. The van der Waals surface area contributed by atoms with Gasteiger partial charge in [-0.1, -0.05) is 28.4 Å². The maximum Gasteiger partial charge on any atom is 0.261 e. The number of carbonyl (C=O) groups excluding carboxylic acids is 1. The number of ether oxygens (including phenoxy) is 1. The van der Waals surface area contributed by atoms with Crippen LogP contribution in [0, 0.1) is 13.8 Å². The first-order chi connectivity index (χ1) is 13.3. The smallest absolute Gasteiger partial charge is 0.261 e. The number of halogens is 2. The zero-order valence-electron chi connectivity index (χ0n) is 15.6. The van der Waals surface area contributed by atoms with E-state index < -0.39 is 6.10 Å². The van der Waals surface area contributed by atoms with Gasteiger partial charge in [0.2, 0.25) is 11.7 Å². The molecule has 1 atom stereocenters. The van der Waals surface area contributed by atoms with Crippen molar-refractivity contribution in [2.24, 2.45) is 0 Å². The SMILES string of the molecule is Cc1cc(O[C@@H](C)C(=O)NCc2nc(-c3ccc(Cl)cc3)no2)cc(C)c1Cl. The third-order valence-corrected chi connectivity index (χ3v) is 4.92. The molecule has 0 aliphatic heterocycles. The molecule has 0 unspecified atom stereocenters. The summed E-state index contributed by atoms with van der Waals surface area (Å²) in [7, 11) is 0. The number of carbonyl (C=O) groups is 1. The third-order valence-electron chi connectivity index (χ3n) is 4.08. The van der Waals surface area contributed by atoms with Crippen LogP contribution in [0.25, 0.3) is 11.4 Å². The fraction of sp³-hybridized carbons (Fsp3) is 0.250. The van der Waals surface area contributed by atoms with Gasteiger partial charge in [0, 0.05) is 15.6 Å². The quantitative estimate of drug-likeness (QED) is 0.623. The summed E-state index contributed by atoms with van der Waals surface area (Å²) in [6, 6.07) is 10.7. The maximum atomic E-state index is 12.3. The first-order valence-electron chi connectivity index (χ1n) is 8.63. The molecule has 2 aromatic carbocycles. The van der Waals surface area contributed by atoms with Crippen molar-refractivity contribution in [3.8, 4) is 17.1 Å². The van der Waals surface area contributed by atoms with Crippen molar-refractivity contribution in [1.82, 2.24) is 15.5 Å². The van der Waals surface area contributed by atoms with Crippen LogP contribution in [0.15, 0.2) is 40.9 Å². The van der Waals surface area contributed by atoms with Gasteiger partial charge in [0.15, 0.2) is 6.10 Å². The second-order valence-electron chi connectivity index (χ2n) is 6.37. The Morgan fingerprint density at radius 1 is 1.18 bits per heavy atom. The first kappa shape index (κ1) is 20.2. The van der Waals surface area contributed by atoms with E-state index in [-0.39, 0.29) is 12.5 Å². The molecular formula is C20H19Cl2N3O3. The van der Waals surface area contributed by atoms with E-state index in [9.17, 15) is 4.79 Å². The Hall–Kier alpha value is -2.57. The molecular weight excluding hydrogens is 401 g/mol. The van der Waals surface area contributed by atoms with Crippen molar-refractivity contribution in [1.29, 1.82) is 0 Å². The summed E-state index contributed by atoms with van der Waals surface area (Å²) in [5.41, 5.74) is 2.56. The van der Waals surface area contributed by atoms with E-state index in [2.05, 4.69) is 15.5 Å². The zero-order valence-corrected chi connectivity index (χ0v) is 17.1. The summed E-state index contributed by atoms with van der Waals surface area (Å²) in [5, 5.41) is 7.95.